The Morgan fingerprint density at radius 1 is 0.886 bits per heavy atom. The van der Waals surface area contributed by atoms with E-state index in [0.29, 0.717) is 17.9 Å². The summed E-state index contributed by atoms with van der Waals surface area (Å²) < 4.78 is 0. The van der Waals surface area contributed by atoms with E-state index >= 15 is 0 Å². The van der Waals surface area contributed by atoms with Gasteiger partial charge in [-0.2, -0.15) is 0 Å². The molecule has 1 atom stereocenters. The summed E-state index contributed by atoms with van der Waals surface area (Å²) in [5.74, 6) is 0.827. The number of anilines is 1. The number of benzene rings is 3. The van der Waals surface area contributed by atoms with Crippen LogP contribution in [0, 0.1) is 5.92 Å². The van der Waals surface area contributed by atoms with Crippen molar-refractivity contribution in [1.29, 1.82) is 0 Å². The van der Waals surface area contributed by atoms with E-state index in [0.717, 1.165) is 49.3 Å². The molecule has 5 heteroatoms. The van der Waals surface area contributed by atoms with E-state index in [-0.39, 0.29) is 0 Å². The van der Waals surface area contributed by atoms with Gasteiger partial charge in [-0.05, 0) is 48.9 Å². The molecule has 5 nitrogen and oxygen atoms in total. The Morgan fingerprint density at radius 2 is 1.46 bits per heavy atom. The van der Waals surface area contributed by atoms with Crippen LogP contribution in [-0.2, 0) is 0 Å². The second-order valence-electron chi connectivity index (χ2n) is 10.2. The molecule has 0 saturated heterocycles. The van der Waals surface area contributed by atoms with Crippen LogP contribution in [0.2, 0.25) is 0 Å². The first-order valence-electron chi connectivity index (χ1n) is 12.8. The zero-order valence-electron chi connectivity index (χ0n) is 20.8. The smallest absolute Gasteiger partial charge is 0.187 e. The molecule has 1 fully saturated rings. The fourth-order valence-electron chi connectivity index (χ4n) is 5.62. The van der Waals surface area contributed by atoms with E-state index in [2.05, 4.69) is 100 Å². The van der Waals surface area contributed by atoms with Gasteiger partial charge in [-0.3, -0.25) is 5.73 Å². The maximum absolute atomic E-state index is 6.95. The zero-order valence-corrected chi connectivity index (χ0v) is 20.8. The standard InChI is InChI=1S/C30H37N5/c1-35(2)29-26-15-9-10-16-28(26)33-30(31,34-29)24-17-19-25(20-18-24)32-21-27(22-11-5-3-6-12-22)23-13-7-4-8-14-23/h3-16,24-25,27,32-33H,17-21,31H2,1-2H3. The van der Waals surface area contributed by atoms with Gasteiger partial charge in [0.05, 0.1) is 0 Å². The number of nitrogens with one attached hydrogen (secondary N) is 2. The summed E-state index contributed by atoms with van der Waals surface area (Å²) in [5.41, 5.74) is 11.9. The van der Waals surface area contributed by atoms with E-state index < -0.39 is 5.79 Å². The van der Waals surface area contributed by atoms with Gasteiger partial charge in [0.15, 0.2) is 5.79 Å². The number of nitrogens with zero attached hydrogens (tertiary/aromatic N) is 2. The van der Waals surface area contributed by atoms with Crippen molar-refractivity contribution in [2.75, 3.05) is 26.0 Å². The molecule has 0 bridgehead atoms. The van der Waals surface area contributed by atoms with Crippen molar-refractivity contribution in [2.45, 2.75) is 43.4 Å². The van der Waals surface area contributed by atoms with E-state index in [1.165, 1.54) is 11.1 Å². The number of hydrogen-bond donors (Lipinski definition) is 3. The molecule has 2 aliphatic rings. The fraction of sp³-hybridized carbons (Fsp3) is 0.367. The Bertz CT molecular complexity index is 1100. The molecule has 0 aromatic heterocycles. The van der Waals surface area contributed by atoms with Crippen LogP contribution in [0.3, 0.4) is 0 Å². The maximum atomic E-state index is 6.95. The first-order valence-corrected chi connectivity index (χ1v) is 12.8. The molecular formula is C30H37N5. The topological polar surface area (TPSA) is 65.7 Å². The minimum absolute atomic E-state index is 0.294. The van der Waals surface area contributed by atoms with E-state index in [1.54, 1.807) is 0 Å². The number of amidine groups is 1. The number of rotatable bonds is 6. The molecule has 0 spiro atoms. The second kappa shape index (κ2) is 10.2. The Labute approximate surface area is 209 Å². The minimum atomic E-state index is -0.768. The van der Waals surface area contributed by atoms with Crippen molar-refractivity contribution in [1.82, 2.24) is 10.2 Å². The van der Waals surface area contributed by atoms with Gasteiger partial charge in [0.1, 0.15) is 5.84 Å². The first kappa shape index (κ1) is 23.6. The molecule has 1 saturated carbocycles. The van der Waals surface area contributed by atoms with Crippen LogP contribution in [0.5, 0.6) is 0 Å². The summed E-state index contributed by atoms with van der Waals surface area (Å²) >= 11 is 0. The monoisotopic (exact) mass is 467 g/mol. The van der Waals surface area contributed by atoms with Crippen molar-refractivity contribution in [3.63, 3.8) is 0 Å². The van der Waals surface area contributed by atoms with Crippen molar-refractivity contribution in [3.8, 4) is 0 Å². The van der Waals surface area contributed by atoms with Gasteiger partial charge in [0.2, 0.25) is 0 Å². The van der Waals surface area contributed by atoms with Crippen LogP contribution in [0.1, 0.15) is 48.3 Å². The average molecular weight is 468 g/mol. The third-order valence-corrected chi connectivity index (χ3v) is 7.58. The molecular weight excluding hydrogens is 430 g/mol. The van der Waals surface area contributed by atoms with E-state index in [9.17, 15) is 0 Å². The van der Waals surface area contributed by atoms with Gasteiger partial charge in [0, 0.05) is 49.8 Å². The lowest BCUT2D eigenvalue weighted by Gasteiger charge is -2.43. The summed E-state index contributed by atoms with van der Waals surface area (Å²) in [6, 6.07) is 30.5. The number of hydrogen-bond acceptors (Lipinski definition) is 5. The molecule has 3 aromatic carbocycles. The molecule has 182 valence electrons. The first-order chi connectivity index (χ1) is 17.0. The summed E-state index contributed by atoms with van der Waals surface area (Å²) in [5, 5.41) is 7.47. The third-order valence-electron chi connectivity index (χ3n) is 7.58. The molecule has 1 aliphatic heterocycles. The SMILES string of the molecule is CN(C)C1=NC(N)(C2CCC(NCC(c3ccccc3)c3ccccc3)CC2)Nc2ccccc21. The predicted molar refractivity (Wildman–Crippen MR) is 146 cm³/mol. The summed E-state index contributed by atoms with van der Waals surface area (Å²) in [6.07, 6.45) is 4.32. The molecule has 0 amide bonds. The minimum Gasteiger partial charge on any atom is -0.362 e. The van der Waals surface area contributed by atoms with Gasteiger partial charge in [-0.15, -0.1) is 0 Å². The van der Waals surface area contributed by atoms with Crippen molar-refractivity contribution in [3.05, 3.63) is 102 Å². The predicted octanol–water partition coefficient (Wildman–Crippen LogP) is 5.01. The molecule has 1 aliphatic carbocycles. The van der Waals surface area contributed by atoms with E-state index in [1.807, 2.05) is 14.1 Å². The molecule has 35 heavy (non-hydrogen) atoms. The average Bonchev–Trinajstić information content (AvgIpc) is 2.90. The lowest BCUT2D eigenvalue weighted by Crippen LogP contribution is -2.57. The van der Waals surface area contributed by atoms with Gasteiger partial charge < -0.3 is 15.5 Å². The highest BCUT2D eigenvalue weighted by Gasteiger charge is 2.41. The number of para-hydroxylation sites is 1. The highest BCUT2D eigenvalue weighted by atomic mass is 15.3. The number of fused-ring (bicyclic) bond motifs is 1. The van der Waals surface area contributed by atoms with Crippen molar-refractivity contribution in [2.24, 2.45) is 16.6 Å². The molecule has 1 unspecified atom stereocenters. The van der Waals surface area contributed by atoms with Crippen LogP contribution in [0.15, 0.2) is 89.9 Å². The zero-order chi connectivity index (χ0) is 24.3. The van der Waals surface area contributed by atoms with Crippen LogP contribution in [0.25, 0.3) is 0 Å². The quantitative estimate of drug-likeness (QED) is 0.477. The van der Waals surface area contributed by atoms with Crippen molar-refractivity contribution < 1.29 is 0 Å². The molecule has 4 N–H and O–H groups in total. The molecule has 3 aromatic rings. The summed E-state index contributed by atoms with van der Waals surface area (Å²) in [4.78, 5) is 7.12. The Kier molecular flexibility index (Phi) is 6.89. The third kappa shape index (κ3) is 5.12. The van der Waals surface area contributed by atoms with Gasteiger partial charge >= 0.3 is 0 Å². The highest BCUT2D eigenvalue weighted by molar-refractivity contribution is 6.05. The summed E-state index contributed by atoms with van der Waals surface area (Å²) in [7, 11) is 4.08. The van der Waals surface area contributed by atoms with E-state index in [4.69, 9.17) is 10.7 Å². The van der Waals surface area contributed by atoms with Crippen molar-refractivity contribution >= 4 is 11.5 Å². The lowest BCUT2D eigenvalue weighted by atomic mass is 9.80. The fourth-order valence-corrected chi connectivity index (χ4v) is 5.62. The van der Waals surface area contributed by atoms with Gasteiger partial charge in [-0.25, -0.2) is 4.99 Å². The molecule has 5 rings (SSSR count). The lowest BCUT2D eigenvalue weighted by molar-refractivity contribution is 0.206. The normalized spacial score (nSPS) is 23.8. The Morgan fingerprint density at radius 3 is 2.06 bits per heavy atom. The number of aliphatic imine (C=N–C) groups is 1. The summed E-state index contributed by atoms with van der Waals surface area (Å²) in [6.45, 7) is 0.936. The molecule has 0 radical (unpaired) electrons. The largest absolute Gasteiger partial charge is 0.362 e. The highest BCUT2D eigenvalue weighted by Crippen LogP contribution is 2.37. The Hall–Kier alpha value is -3.15. The van der Waals surface area contributed by atoms with Crippen LogP contribution in [-0.4, -0.2) is 43.2 Å². The van der Waals surface area contributed by atoms with Crippen LogP contribution >= 0.6 is 0 Å². The second-order valence-corrected chi connectivity index (χ2v) is 10.2. The van der Waals surface area contributed by atoms with Gasteiger partial charge in [0.25, 0.3) is 0 Å². The van der Waals surface area contributed by atoms with Gasteiger partial charge in [-0.1, -0.05) is 72.8 Å². The Balaban J connectivity index is 1.25. The number of nitrogens with two attached hydrogens (primary N) is 1. The van der Waals surface area contributed by atoms with Crippen LogP contribution < -0.4 is 16.4 Å². The van der Waals surface area contributed by atoms with Crippen LogP contribution in [0.4, 0.5) is 5.69 Å². The maximum Gasteiger partial charge on any atom is 0.187 e. The molecule has 1 heterocycles.